The summed E-state index contributed by atoms with van der Waals surface area (Å²) in [4.78, 5) is 13.6. The van der Waals surface area contributed by atoms with Gasteiger partial charge in [-0.3, -0.25) is 4.79 Å². The molecule has 1 aliphatic heterocycles. The number of amides is 1. The van der Waals surface area contributed by atoms with Crippen LogP contribution in [0.2, 0.25) is 0 Å². The molecule has 1 atom stereocenters. The van der Waals surface area contributed by atoms with Gasteiger partial charge in [0.1, 0.15) is 6.04 Å². The van der Waals surface area contributed by atoms with Gasteiger partial charge in [0, 0.05) is 17.8 Å². The van der Waals surface area contributed by atoms with E-state index < -0.39 is 56.0 Å². The maximum Gasteiger partial charge on any atom is 0.249 e. The maximum atomic E-state index is 14.7. The van der Waals surface area contributed by atoms with E-state index in [-0.39, 0.29) is 19.5 Å². The van der Waals surface area contributed by atoms with Crippen LogP contribution in [-0.2, 0) is 27.9 Å². The Morgan fingerprint density at radius 2 is 1.38 bits per heavy atom. The SMILES string of the molecule is O=C(C1CCN1S(=O)(=O)c1c(F)c(F)c(F)c(F)c1F)N(Cc1ccc(C2CCCCC2)cc1)c1ccc(-c2nnnn2Cc2ccccc2)cc1. The second-order valence-corrected chi connectivity index (χ2v) is 14.8. The molecule has 4 aromatic carbocycles. The zero-order chi connectivity index (χ0) is 36.6. The summed E-state index contributed by atoms with van der Waals surface area (Å²) >= 11 is 0. The number of benzene rings is 4. The van der Waals surface area contributed by atoms with E-state index in [0.717, 1.165) is 36.8 Å². The molecule has 52 heavy (non-hydrogen) atoms. The highest BCUT2D eigenvalue weighted by molar-refractivity contribution is 7.89. The number of hydrogen-bond donors (Lipinski definition) is 0. The zero-order valence-corrected chi connectivity index (χ0v) is 28.5. The van der Waals surface area contributed by atoms with E-state index in [1.807, 2.05) is 54.6 Å². The fraction of sp³-hybridized carbons (Fsp3) is 0.297. The second kappa shape index (κ2) is 14.5. The summed E-state index contributed by atoms with van der Waals surface area (Å²) in [6.45, 7) is 0.0361. The summed E-state index contributed by atoms with van der Waals surface area (Å²) in [5, 5.41) is 12.1. The van der Waals surface area contributed by atoms with Crippen LogP contribution in [0.5, 0.6) is 0 Å². The Labute approximate surface area is 296 Å². The minimum atomic E-state index is -5.33. The van der Waals surface area contributed by atoms with Crippen molar-refractivity contribution in [1.82, 2.24) is 24.5 Å². The summed E-state index contributed by atoms with van der Waals surface area (Å²) in [6, 6.07) is 22.7. The molecule has 9 nitrogen and oxygen atoms in total. The highest BCUT2D eigenvalue weighted by atomic mass is 32.2. The van der Waals surface area contributed by atoms with Gasteiger partial charge in [0.25, 0.3) is 0 Å². The molecule has 2 aliphatic rings. The monoisotopic (exact) mass is 736 g/mol. The van der Waals surface area contributed by atoms with Crippen molar-refractivity contribution in [2.24, 2.45) is 0 Å². The summed E-state index contributed by atoms with van der Waals surface area (Å²) in [7, 11) is -5.33. The lowest BCUT2D eigenvalue weighted by molar-refractivity contribution is -0.125. The summed E-state index contributed by atoms with van der Waals surface area (Å²) in [5.41, 5.74) is 3.90. The van der Waals surface area contributed by atoms with Crippen LogP contribution < -0.4 is 4.90 Å². The molecule has 1 aliphatic carbocycles. The van der Waals surface area contributed by atoms with E-state index in [2.05, 4.69) is 15.5 Å². The number of aromatic nitrogens is 4. The van der Waals surface area contributed by atoms with Gasteiger partial charge in [0.2, 0.25) is 21.7 Å². The normalized spacial score (nSPS) is 16.8. The average Bonchev–Trinajstić information content (AvgIpc) is 3.60. The Balaban J connectivity index is 1.20. The molecule has 1 amide bonds. The van der Waals surface area contributed by atoms with Gasteiger partial charge in [-0.25, -0.2) is 35.1 Å². The highest BCUT2D eigenvalue weighted by Crippen LogP contribution is 2.36. The molecule has 0 N–H and O–H groups in total. The van der Waals surface area contributed by atoms with Crippen molar-refractivity contribution in [3.63, 3.8) is 0 Å². The minimum Gasteiger partial charge on any atom is -0.307 e. The third kappa shape index (κ3) is 6.70. The Morgan fingerprint density at radius 3 is 2.00 bits per heavy atom. The number of halogens is 5. The molecule has 270 valence electrons. The first-order chi connectivity index (χ1) is 25.0. The average molecular weight is 737 g/mol. The fourth-order valence-corrected chi connectivity index (χ4v) is 8.62. The molecule has 0 bridgehead atoms. The smallest absolute Gasteiger partial charge is 0.249 e. The molecule has 1 aromatic heterocycles. The molecule has 0 radical (unpaired) electrons. The number of carbonyl (C=O) groups excluding carboxylic acids is 1. The first-order valence-corrected chi connectivity index (χ1v) is 18.3. The van der Waals surface area contributed by atoms with Crippen molar-refractivity contribution in [2.45, 2.75) is 68.5 Å². The Hall–Kier alpha value is -5.02. The number of sulfonamides is 1. The molecule has 2 fully saturated rings. The molecule has 0 spiro atoms. The van der Waals surface area contributed by atoms with Gasteiger partial charge in [0.15, 0.2) is 34.0 Å². The Kier molecular flexibility index (Phi) is 9.90. The number of carbonyl (C=O) groups is 1. The minimum absolute atomic E-state index is 0.00177. The lowest BCUT2D eigenvalue weighted by atomic mass is 9.84. The van der Waals surface area contributed by atoms with Crippen molar-refractivity contribution in [1.29, 1.82) is 0 Å². The van der Waals surface area contributed by atoms with E-state index in [9.17, 15) is 35.2 Å². The number of rotatable bonds is 10. The molecule has 1 unspecified atom stereocenters. The predicted octanol–water partition coefficient (Wildman–Crippen LogP) is 7.13. The standard InChI is InChI=1S/C37H33F5N6O3S/c38-30-31(39)33(41)35(34(42)32(30)40)52(50,51)48-20-19-29(48)37(49)46(21-24-11-13-26(14-12-24)25-9-5-2-6-10-25)28-17-15-27(16-18-28)36-43-44-45-47(36)22-23-7-3-1-4-8-23/h1,3-4,7-8,11-18,25,29H,2,5-6,9-10,19-22H2. The molecule has 1 saturated carbocycles. The molecule has 15 heteroatoms. The summed E-state index contributed by atoms with van der Waals surface area (Å²) < 4.78 is 100. The van der Waals surface area contributed by atoms with Gasteiger partial charge in [0.05, 0.1) is 13.1 Å². The van der Waals surface area contributed by atoms with Crippen LogP contribution in [0.15, 0.2) is 83.8 Å². The van der Waals surface area contributed by atoms with Crippen molar-refractivity contribution >= 4 is 21.6 Å². The zero-order valence-electron chi connectivity index (χ0n) is 27.7. The Bertz CT molecular complexity index is 2170. The van der Waals surface area contributed by atoms with Gasteiger partial charge in [-0.1, -0.05) is 73.9 Å². The van der Waals surface area contributed by atoms with Crippen molar-refractivity contribution in [3.05, 3.63) is 125 Å². The van der Waals surface area contributed by atoms with Gasteiger partial charge in [-0.2, -0.15) is 4.31 Å². The van der Waals surface area contributed by atoms with Crippen molar-refractivity contribution < 1.29 is 35.2 Å². The van der Waals surface area contributed by atoms with Crippen LogP contribution in [-0.4, -0.2) is 51.4 Å². The van der Waals surface area contributed by atoms with E-state index in [1.54, 1.807) is 28.9 Å². The number of hydrogen-bond acceptors (Lipinski definition) is 6. The quantitative estimate of drug-likeness (QED) is 0.0860. The topological polar surface area (TPSA) is 101 Å². The molecular formula is C37H33F5N6O3S. The van der Waals surface area contributed by atoms with Crippen molar-refractivity contribution in [2.75, 3.05) is 11.4 Å². The molecule has 5 aromatic rings. The van der Waals surface area contributed by atoms with Crippen LogP contribution in [0.3, 0.4) is 0 Å². The van der Waals surface area contributed by atoms with Crippen LogP contribution in [0.25, 0.3) is 11.4 Å². The summed E-state index contributed by atoms with van der Waals surface area (Å²) in [6.07, 6.45) is 5.69. The third-order valence-corrected chi connectivity index (χ3v) is 11.7. The number of anilines is 1. The van der Waals surface area contributed by atoms with Crippen molar-refractivity contribution in [3.8, 4) is 11.4 Å². The molecule has 7 rings (SSSR count). The van der Waals surface area contributed by atoms with Gasteiger partial charge < -0.3 is 4.90 Å². The molecular weight excluding hydrogens is 704 g/mol. The lowest BCUT2D eigenvalue weighted by Crippen LogP contribution is -2.59. The largest absolute Gasteiger partial charge is 0.307 e. The predicted molar refractivity (Wildman–Crippen MR) is 181 cm³/mol. The fourth-order valence-electron chi connectivity index (χ4n) is 6.88. The first kappa shape index (κ1) is 35.4. The number of tetrazole rings is 1. The number of nitrogens with zero attached hydrogens (tertiary/aromatic N) is 6. The van der Waals surface area contributed by atoms with Crippen LogP contribution in [0.1, 0.15) is 61.1 Å². The third-order valence-electron chi connectivity index (χ3n) is 9.80. The van der Waals surface area contributed by atoms with E-state index >= 15 is 0 Å². The van der Waals surface area contributed by atoms with E-state index in [4.69, 9.17) is 0 Å². The second-order valence-electron chi connectivity index (χ2n) is 13.0. The summed E-state index contributed by atoms with van der Waals surface area (Å²) in [5.74, 6) is -12.1. The Morgan fingerprint density at radius 1 is 0.750 bits per heavy atom. The van der Waals surface area contributed by atoms with Gasteiger partial charge in [-0.05, 0) is 76.6 Å². The lowest BCUT2D eigenvalue weighted by Gasteiger charge is -2.41. The van der Waals surface area contributed by atoms with E-state index in [0.29, 0.717) is 33.8 Å². The van der Waals surface area contributed by atoms with Crippen LogP contribution in [0.4, 0.5) is 27.6 Å². The van der Waals surface area contributed by atoms with Crippen LogP contribution >= 0.6 is 0 Å². The maximum absolute atomic E-state index is 14.7. The van der Waals surface area contributed by atoms with Gasteiger partial charge >= 0.3 is 0 Å². The highest BCUT2D eigenvalue weighted by Gasteiger charge is 2.48. The van der Waals surface area contributed by atoms with E-state index in [1.165, 1.54) is 16.9 Å². The molecule has 1 saturated heterocycles. The molecule has 2 heterocycles. The van der Waals surface area contributed by atoms with Gasteiger partial charge in [-0.15, -0.1) is 5.10 Å². The van der Waals surface area contributed by atoms with Crippen LogP contribution in [0, 0.1) is 29.1 Å². The first-order valence-electron chi connectivity index (χ1n) is 16.9.